The number of hydrogen-bond donors (Lipinski definition) is 1. The summed E-state index contributed by atoms with van der Waals surface area (Å²) in [5.74, 6) is 0.531. The average molecular weight is 358 g/mol. The van der Waals surface area contributed by atoms with Gasteiger partial charge in [-0.25, -0.2) is 4.68 Å². The van der Waals surface area contributed by atoms with Gasteiger partial charge in [0, 0.05) is 17.9 Å². The van der Waals surface area contributed by atoms with Crippen LogP contribution in [0.3, 0.4) is 0 Å². The molecular formula is C16H18N6O2S. The van der Waals surface area contributed by atoms with Crippen molar-refractivity contribution in [2.24, 2.45) is 0 Å². The topological polar surface area (TPSA) is 93.0 Å². The Labute approximate surface area is 149 Å². The number of tetrazole rings is 1. The van der Waals surface area contributed by atoms with Crippen molar-refractivity contribution in [3.8, 4) is 5.69 Å². The van der Waals surface area contributed by atoms with Crippen LogP contribution in [0.2, 0.25) is 0 Å². The molecule has 0 spiro atoms. The minimum atomic E-state index is -0.428. The first-order chi connectivity index (χ1) is 12.0. The van der Waals surface area contributed by atoms with E-state index in [0.29, 0.717) is 17.9 Å². The molecule has 2 aliphatic rings. The van der Waals surface area contributed by atoms with Gasteiger partial charge in [0.25, 0.3) is 0 Å². The van der Waals surface area contributed by atoms with E-state index in [0.717, 1.165) is 17.7 Å². The molecule has 0 unspecified atom stereocenters. The van der Waals surface area contributed by atoms with E-state index in [1.54, 1.807) is 21.3 Å². The van der Waals surface area contributed by atoms with E-state index >= 15 is 0 Å². The summed E-state index contributed by atoms with van der Waals surface area (Å²) >= 11 is 1.68. The van der Waals surface area contributed by atoms with E-state index in [2.05, 4.69) is 20.8 Å². The fourth-order valence-electron chi connectivity index (χ4n) is 3.45. The molecule has 4 rings (SSSR count). The summed E-state index contributed by atoms with van der Waals surface area (Å²) < 4.78 is 1.55. The summed E-state index contributed by atoms with van der Waals surface area (Å²) in [5, 5.41) is 14.1. The molecule has 0 radical (unpaired) electrons. The number of carbonyl (C=O) groups excluding carboxylic acids is 2. The van der Waals surface area contributed by atoms with Crippen molar-refractivity contribution < 1.29 is 9.59 Å². The molecule has 2 atom stereocenters. The Morgan fingerprint density at radius 3 is 3.04 bits per heavy atom. The Hall–Kier alpha value is -2.42. The van der Waals surface area contributed by atoms with Crippen LogP contribution in [0, 0.1) is 6.92 Å². The third-order valence-corrected chi connectivity index (χ3v) is 6.33. The predicted octanol–water partition coefficient (Wildman–Crippen LogP) is 1.36. The van der Waals surface area contributed by atoms with Crippen LogP contribution in [-0.2, 0) is 9.59 Å². The van der Waals surface area contributed by atoms with Crippen molar-refractivity contribution in [3.63, 3.8) is 0 Å². The Balaban J connectivity index is 1.56. The van der Waals surface area contributed by atoms with Crippen LogP contribution in [0.15, 0.2) is 24.5 Å². The molecule has 8 nitrogen and oxygen atoms in total. The van der Waals surface area contributed by atoms with Gasteiger partial charge in [-0.1, -0.05) is 6.07 Å². The Morgan fingerprint density at radius 2 is 2.28 bits per heavy atom. The Kier molecular flexibility index (Phi) is 3.75. The summed E-state index contributed by atoms with van der Waals surface area (Å²) in [6, 6.07) is 5.15. The lowest BCUT2D eigenvalue weighted by atomic mass is 10.1. The number of benzene rings is 1. The highest BCUT2D eigenvalue weighted by atomic mass is 32.2. The number of rotatable bonds is 3. The van der Waals surface area contributed by atoms with Crippen molar-refractivity contribution in [1.29, 1.82) is 0 Å². The number of nitrogens with one attached hydrogen (secondary N) is 1. The first-order valence-corrected chi connectivity index (χ1v) is 9.07. The van der Waals surface area contributed by atoms with Crippen molar-refractivity contribution in [2.45, 2.75) is 37.6 Å². The second kappa shape index (κ2) is 5.83. The molecule has 0 saturated carbocycles. The molecule has 2 amide bonds. The van der Waals surface area contributed by atoms with Gasteiger partial charge in [0.05, 0.1) is 10.6 Å². The molecule has 25 heavy (non-hydrogen) atoms. The SMILES string of the molecule is Cc1ccc(NC(=O)[C@@H]2CS[C@]3(C)CCC(=O)N23)cc1-n1cnnn1. The second-order valence-electron chi connectivity index (χ2n) is 6.51. The predicted molar refractivity (Wildman–Crippen MR) is 93.3 cm³/mol. The summed E-state index contributed by atoms with van der Waals surface area (Å²) in [7, 11) is 0. The number of thioether (sulfide) groups is 1. The van der Waals surface area contributed by atoms with Crippen LogP contribution < -0.4 is 5.32 Å². The highest BCUT2D eigenvalue weighted by molar-refractivity contribution is 8.01. The van der Waals surface area contributed by atoms with Crippen molar-refractivity contribution in [3.05, 3.63) is 30.1 Å². The first-order valence-electron chi connectivity index (χ1n) is 8.09. The number of nitrogens with zero attached hydrogens (tertiary/aromatic N) is 5. The Morgan fingerprint density at radius 1 is 1.44 bits per heavy atom. The summed E-state index contributed by atoms with van der Waals surface area (Å²) in [4.78, 5) is 26.5. The van der Waals surface area contributed by atoms with E-state index in [1.807, 2.05) is 32.0 Å². The number of fused-ring (bicyclic) bond motifs is 1. The number of aromatic nitrogens is 4. The van der Waals surface area contributed by atoms with E-state index < -0.39 is 6.04 Å². The van der Waals surface area contributed by atoms with Crippen LogP contribution in [0.25, 0.3) is 5.69 Å². The molecular weight excluding hydrogens is 340 g/mol. The maximum atomic E-state index is 12.8. The van der Waals surface area contributed by atoms with Gasteiger partial charge in [-0.2, -0.15) is 0 Å². The largest absolute Gasteiger partial charge is 0.324 e. The van der Waals surface area contributed by atoms with Gasteiger partial charge in [0.1, 0.15) is 12.4 Å². The smallest absolute Gasteiger partial charge is 0.248 e. The second-order valence-corrected chi connectivity index (χ2v) is 8.01. The van der Waals surface area contributed by atoms with Crippen LogP contribution in [0.4, 0.5) is 5.69 Å². The lowest BCUT2D eigenvalue weighted by Gasteiger charge is -2.29. The van der Waals surface area contributed by atoms with Gasteiger partial charge in [-0.3, -0.25) is 9.59 Å². The monoisotopic (exact) mass is 358 g/mol. The molecule has 130 valence electrons. The molecule has 2 aliphatic heterocycles. The van der Waals surface area contributed by atoms with E-state index in [9.17, 15) is 9.59 Å². The summed E-state index contributed by atoms with van der Waals surface area (Å²) in [6.07, 6.45) is 2.82. The highest BCUT2D eigenvalue weighted by Crippen LogP contribution is 2.47. The van der Waals surface area contributed by atoms with Crippen LogP contribution in [-0.4, -0.2) is 53.6 Å². The van der Waals surface area contributed by atoms with Gasteiger partial charge in [0.2, 0.25) is 11.8 Å². The summed E-state index contributed by atoms with van der Waals surface area (Å²) in [6.45, 7) is 3.99. The van der Waals surface area contributed by atoms with Gasteiger partial charge >= 0.3 is 0 Å². The molecule has 2 aromatic rings. The molecule has 3 heterocycles. The maximum Gasteiger partial charge on any atom is 0.248 e. The van der Waals surface area contributed by atoms with Crippen LogP contribution in [0.5, 0.6) is 0 Å². The van der Waals surface area contributed by atoms with Crippen molar-refractivity contribution in [2.75, 3.05) is 11.1 Å². The van der Waals surface area contributed by atoms with Gasteiger partial charge in [-0.15, -0.1) is 16.9 Å². The van der Waals surface area contributed by atoms with E-state index in [1.165, 1.54) is 6.33 Å². The van der Waals surface area contributed by atoms with Crippen LogP contribution in [0.1, 0.15) is 25.3 Å². The zero-order chi connectivity index (χ0) is 17.6. The maximum absolute atomic E-state index is 12.8. The lowest BCUT2D eigenvalue weighted by molar-refractivity contribution is -0.135. The minimum Gasteiger partial charge on any atom is -0.324 e. The molecule has 2 saturated heterocycles. The van der Waals surface area contributed by atoms with Crippen molar-refractivity contribution in [1.82, 2.24) is 25.1 Å². The van der Waals surface area contributed by atoms with Crippen LogP contribution >= 0.6 is 11.8 Å². The number of carbonyl (C=O) groups is 2. The molecule has 1 N–H and O–H groups in total. The van der Waals surface area contributed by atoms with Crippen molar-refractivity contribution >= 4 is 29.3 Å². The fourth-order valence-corrected chi connectivity index (χ4v) is 4.88. The van der Waals surface area contributed by atoms with Gasteiger partial charge < -0.3 is 10.2 Å². The first kappa shape index (κ1) is 16.1. The minimum absolute atomic E-state index is 0.0611. The standard InChI is InChI=1S/C16H18N6O2S/c1-10-3-4-11(7-12(10)21-9-17-19-20-21)18-15(24)13-8-25-16(2)6-5-14(23)22(13)16/h3-4,7,9,13H,5-6,8H2,1-2H3,(H,18,24)/t13-,16+/m0/s1. The lowest BCUT2D eigenvalue weighted by Crippen LogP contribution is -2.48. The molecule has 0 aliphatic carbocycles. The number of amides is 2. The van der Waals surface area contributed by atoms with Gasteiger partial charge in [0.15, 0.2) is 0 Å². The molecule has 9 heteroatoms. The quantitative estimate of drug-likeness (QED) is 0.891. The zero-order valence-electron chi connectivity index (χ0n) is 14.0. The highest BCUT2D eigenvalue weighted by Gasteiger charge is 2.52. The van der Waals surface area contributed by atoms with E-state index in [-0.39, 0.29) is 16.7 Å². The number of hydrogen-bond acceptors (Lipinski definition) is 6. The molecule has 1 aromatic carbocycles. The fraction of sp³-hybridized carbons (Fsp3) is 0.438. The molecule has 0 bridgehead atoms. The van der Waals surface area contributed by atoms with Gasteiger partial charge in [-0.05, 0) is 48.4 Å². The molecule has 1 aromatic heterocycles. The summed E-state index contributed by atoms with van der Waals surface area (Å²) in [5.41, 5.74) is 2.45. The number of anilines is 1. The zero-order valence-corrected chi connectivity index (χ0v) is 14.8. The Bertz CT molecular complexity index is 839. The third-order valence-electron chi connectivity index (χ3n) is 4.82. The normalized spacial score (nSPS) is 25.3. The van der Waals surface area contributed by atoms with E-state index in [4.69, 9.17) is 0 Å². The third kappa shape index (κ3) is 2.68. The molecule has 2 fully saturated rings. The number of aryl methyl sites for hydroxylation is 1. The average Bonchev–Trinajstić information content (AvgIpc) is 3.28.